The molecule has 0 N–H and O–H groups in total. The van der Waals surface area contributed by atoms with E-state index in [-0.39, 0.29) is 11.8 Å². The Labute approximate surface area is 189 Å². The Hall–Kier alpha value is -1.58. The maximum absolute atomic E-state index is 11.9. The minimum absolute atomic E-state index is 0.00507. The molecule has 148 valence electrons. The van der Waals surface area contributed by atoms with Crippen LogP contribution in [-0.2, 0) is 28.4 Å². The van der Waals surface area contributed by atoms with Gasteiger partial charge in [0.2, 0.25) is 0 Å². The summed E-state index contributed by atoms with van der Waals surface area (Å²) in [6.45, 7) is 2.46. The van der Waals surface area contributed by atoms with Crippen LogP contribution in [0.2, 0.25) is 0 Å². The summed E-state index contributed by atoms with van der Waals surface area (Å²) in [5.41, 5.74) is 7.66. The van der Waals surface area contributed by atoms with Crippen LogP contribution in [0, 0.1) is 0 Å². The number of rotatable bonds is 5. The first-order chi connectivity index (χ1) is 14.2. The van der Waals surface area contributed by atoms with Crippen LogP contribution in [0.5, 0.6) is 0 Å². The molecule has 0 atom stereocenters. The van der Waals surface area contributed by atoms with Gasteiger partial charge in [-0.15, -0.1) is 6.54 Å². The van der Waals surface area contributed by atoms with E-state index in [9.17, 15) is 4.79 Å². The molecule has 1 aliphatic rings. The van der Waals surface area contributed by atoms with E-state index in [1.165, 1.54) is 27.8 Å². The fourth-order valence-corrected chi connectivity index (χ4v) is 3.92. The van der Waals surface area contributed by atoms with Crippen molar-refractivity contribution >= 4 is 24.5 Å². The van der Waals surface area contributed by atoms with Gasteiger partial charge in [-0.05, 0) is 34.2 Å². The molecule has 3 aromatic carbocycles. The van der Waals surface area contributed by atoms with Crippen molar-refractivity contribution in [2.24, 2.45) is 0 Å². The number of hydrogen-bond acceptors (Lipinski definition) is 1. The van der Waals surface area contributed by atoms with Crippen molar-refractivity contribution in [1.82, 2.24) is 0 Å². The number of carbonyl (C=O) groups is 1. The van der Waals surface area contributed by atoms with E-state index in [2.05, 4.69) is 72.0 Å². The quantitative estimate of drug-likeness (QED) is 0.286. The fourth-order valence-electron chi connectivity index (χ4n) is 3.92. The second-order valence-electron chi connectivity index (χ2n) is 6.84. The molecule has 5 heteroatoms. The number of halogens is 2. The Morgan fingerprint density at radius 1 is 0.862 bits per heavy atom. The summed E-state index contributed by atoms with van der Waals surface area (Å²) in [5, 5.41) is 4.29. The standard InChI is InChI=1S/C24H23NO.2ClH.Ti/c1-2-9-23(26)25-16-17-10-3-4-11-18(17)24-21-14-7-5-12-19(21)20-13-6-8-15-22(20)24;;;/h3-8,10-15,24H,2,9,16H2,1H3,(H,25,26);2*1H;/q;;;+2/p-3. The summed E-state index contributed by atoms with van der Waals surface area (Å²) in [7, 11) is 9.78. The number of benzene rings is 3. The van der Waals surface area contributed by atoms with Gasteiger partial charge < -0.3 is 10.1 Å². The molecule has 0 spiro atoms. The van der Waals surface area contributed by atoms with E-state index in [0.717, 1.165) is 12.0 Å². The van der Waals surface area contributed by atoms with Crippen molar-refractivity contribution in [2.75, 3.05) is 0 Å². The molecule has 1 amide bonds. The van der Waals surface area contributed by atoms with Gasteiger partial charge in [-0.2, -0.15) is 0 Å². The molecule has 1 aliphatic carbocycles. The normalized spacial score (nSPS) is 11.7. The maximum atomic E-state index is 11.9. The molecule has 4 rings (SSSR count). The first-order valence-corrected chi connectivity index (χ1v) is 13.9. The van der Waals surface area contributed by atoms with Crippen molar-refractivity contribution in [3.8, 4) is 11.1 Å². The molecule has 0 heterocycles. The van der Waals surface area contributed by atoms with Crippen molar-refractivity contribution in [1.29, 1.82) is 0 Å². The third kappa shape index (κ3) is 5.13. The van der Waals surface area contributed by atoms with Crippen LogP contribution in [0.1, 0.15) is 47.9 Å². The molecular formula is C24H22Cl2NOTi-. The Bertz CT molecular complexity index is 931. The van der Waals surface area contributed by atoms with Gasteiger partial charge in [-0.25, -0.2) is 0 Å². The molecule has 0 unspecified atom stereocenters. The van der Waals surface area contributed by atoms with Gasteiger partial charge in [-0.3, -0.25) is 0 Å². The average molecular weight is 459 g/mol. The van der Waals surface area contributed by atoms with Crippen molar-refractivity contribution in [2.45, 2.75) is 32.2 Å². The summed E-state index contributed by atoms with van der Waals surface area (Å²) >= 11 is -0.556. The summed E-state index contributed by atoms with van der Waals surface area (Å²) in [4.78, 5) is 11.9. The van der Waals surface area contributed by atoms with Crippen LogP contribution in [0.15, 0.2) is 72.8 Å². The Balaban J connectivity index is 0.000000755. The Morgan fingerprint density at radius 2 is 1.34 bits per heavy atom. The Kier molecular flexibility index (Phi) is 8.38. The molecular weight excluding hydrogens is 437 g/mol. The number of hydrogen-bond donors (Lipinski definition) is 0. The van der Waals surface area contributed by atoms with Gasteiger partial charge in [0.15, 0.2) is 0 Å². The van der Waals surface area contributed by atoms with Crippen LogP contribution in [0.4, 0.5) is 0 Å². The van der Waals surface area contributed by atoms with Gasteiger partial charge in [0.1, 0.15) is 0 Å². The van der Waals surface area contributed by atoms with Gasteiger partial charge in [0.05, 0.1) is 5.91 Å². The molecule has 0 saturated carbocycles. The van der Waals surface area contributed by atoms with Crippen molar-refractivity contribution in [3.63, 3.8) is 0 Å². The predicted octanol–water partition coefficient (Wildman–Crippen LogP) is 7.42. The van der Waals surface area contributed by atoms with Crippen LogP contribution in [-0.4, -0.2) is 5.91 Å². The fraction of sp³-hybridized carbons (Fsp3) is 0.208. The zero-order valence-electron chi connectivity index (χ0n) is 16.2. The zero-order chi connectivity index (χ0) is 20.6. The number of nitrogens with zero attached hydrogens (tertiary/aromatic N) is 1. The monoisotopic (exact) mass is 458 g/mol. The van der Waals surface area contributed by atoms with Gasteiger partial charge in [-0.1, -0.05) is 91.7 Å². The van der Waals surface area contributed by atoms with E-state index in [4.69, 9.17) is 18.6 Å². The second kappa shape index (κ2) is 11.0. The number of carbonyl (C=O) groups excluding carboxylic acids is 1. The number of amides is 1. The third-order valence-electron chi connectivity index (χ3n) is 5.09. The molecule has 0 bridgehead atoms. The van der Waals surface area contributed by atoms with Crippen LogP contribution < -0.4 is 0 Å². The number of fused-ring (bicyclic) bond motifs is 3. The van der Waals surface area contributed by atoms with Crippen molar-refractivity contribution in [3.05, 3.63) is 100 Å². The molecule has 0 aliphatic heterocycles. The second-order valence-corrected chi connectivity index (χ2v) is 9.42. The summed E-state index contributed by atoms with van der Waals surface area (Å²) in [5.74, 6) is 0.199. The summed E-state index contributed by atoms with van der Waals surface area (Å²) in [6.07, 6.45) is 1.37. The molecule has 0 radical (unpaired) electrons. The van der Waals surface area contributed by atoms with Crippen LogP contribution in [0.25, 0.3) is 16.4 Å². The van der Waals surface area contributed by atoms with Crippen LogP contribution >= 0.6 is 18.6 Å². The summed E-state index contributed by atoms with van der Waals surface area (Å²) < 4.78 is 0. The van der Waals surface area contributed by atoms with E-state index in [0.29, 0.717) is 13.0 Å². The van der Waals surface area contributed by atoms with Crippen LogP contribution in [0.3, 0.4) is 0 Å². The SMILES string of the molecule is CCCC(=O)[N-]Cc1ccccc1C1c2ccccc2-c2ccccc21.[Cl][Ti][Cl]. The molecule has 29 heavy (non-hydrogen) atoms. The average Bonchev–Trinajstić information content (AvgIpc) is 3.08. The Morgan fingerprint density at radius 3 is 1.90 bits per heavy atom. The summed E-state index contributed by atoms with van der Waals surface area (Å²) in [6, 6.07) is 25.6. The molecule has 0 fully saturated rings. The molecule has 0 saturated heterocycles. The molecule has 3 aromatic rings. The van der Waals surface area contributed by atoms with Gasteiger partial charge in [0.25, 0.3) is 0 Å². The van der Waals surface area contributed by atoms with E-state index >= 15 is 0 Å². The van der Waals surface area contributed by atoms with E-state index in [1.807, 2.05) is 13.0 Å². The predicted molar refractivity (Wildman–Crippen MR) is 118 cm³/mol. The first-order valence-electron chi connectivity index (χ1n) is 9.63. The molecule has 0 aromatic heterocycles. The van der Waals surface area contributed by atoms with E-state index < -0.39 is 17.0 Å². The third-order valence-corrected chi connectivity index (χ3v) is 5.09. The minimum atomic E-state index is -0.556. The first kappa shape index (κ1) is 22.1. The topological polar surface area (TPSA) is 31.2 Å². The zero-order valence-corrected chi connectivity index (χ0v) is 19.3. The van der Waals surface area contributed by atoms with Crippen molar-refractivity contribution < 1.29 is 21.8 Å². The van der Waals surface area contributed by atoms with Gasteiger partial charge >= 0.3 is 35.6 Å². The molecule has 2 nitrogen and oxygen atoms in total. The van der Waals surface area contributed by atoms with E-state index in [1.54, 1.807) is 0 Å². The van der Waals surface area contributed by atoms with Gasteiger partial charge in [0, 0.05) is 5.92 Å².